The molecule has 3 nitrogen and oxygen atoms in total. The van der Waals surface area contributed by atoms with Crippen LogP contribution in [0.2, 0.25) is 0 Å². The molecule has 2 aromatic heterocycles. The van der Waals surface area contributed by atoms with Gasteiger partial charge in [-0.25, -0.2) is 0 Å². The molecule has 0 atom stereocenters. The summed E-state index contributed by atoms with van der Waals surface area (Å²) in [5.74, 6) is -0.0789. The SMILES string of the molecule is Cc1cc(NC(=O)c2csc(I)c2)ccn1. The number of aryl methyl sites for hydroxylation is 1. The molecular formula is C11H9IN2OS. The summed E-state index contributed by atoms with van der Waals surface area (Å²) in [6.45, 7) is 1.89. The van der Waals surface area contributed by atoms with Gasteiger partial charge in [0.25, 0.3) is 5.91 Å². The van der Waals surface area contributed by atoms with E-state index in [1.807, 2.05) is 24.4 Å². The number of carbonyl (C=O) groups is 1. The molecule has 1 amide bonds. The first kappa shape index (κ1) is 11.5. The van der Waals surface area contributed by atoms with Gasteiger partial charge in [0.05, 0.1) is 8.45 Å². The Bertz CT molecular complexity index is 524. The number of amides is 1. The Balaban J connectivity index is 2.13. The van der Waals surface area contributed by atoms with Gasteiger partial charge in [-0.05, 0) is 47.7 Å². The second-order valence-electron chi connectivity index (χ2n) is 3.28. The standard InChI is InChI=1S/C11H9IN2OS/c1-7-4-9(2-3-13-7)14-11(15)8-5-10(12)16-6-8/h2-6H,1H3,(H,13,14,15). The minimum Gasteiger partial charge on any atom is -0.322 e. The van der Waals surface area contributed by atoms with Crippen LogP contribution in [0.5, 0.6) is 0 Å². The molecule has 0 aliphatic rings. The Labute approximate surface area is 111 Å². The molecule has 0 spiro atoms. The van der Waals surface area contributed by atoms with Crippen molar-refractivity contribution in [1.29, 1.82) is 0 Å². The van der Waals surface area contributed by atoms with Crippen molar-refractivity contribution in [2.75, 3.05) is 5.32 Å². The van der Waals surface area contributed by atoms with Gasteiger partial charge in [-0.2, -0.15) is 0 Å². The van der Waals surface area contributed by atoms with E-state index in [1.54, 1.807) is 23.6 Å². The maximum atomic E-state index is 11.8. The van der Waals surface area contributed by atoms with E-state index in [2.05, 4.69) is 32.9 Å². The van der Waals surface area contributed by atoms with Crippen molar-refractivity contribution in [2.45, 2.75) is 6.92 Å². The molecule has 0 aromatic carbocycles. The highest BCUT2D eigenvalue weighted by Crippen LogP contribution is 2.18. The van der Waals surface area contributed by atoms with Crippen LogP contribution in [0.15, 0.2) is 29.8 Å². The zero-order valence-electron chi connectivity index (χ0n) is 8.53. The van der Waals surface area contributed by atoms with Crippen LogP contribution >= 0.6 is 33.9 Å². The smallest absolute Gasteiger partial charge is 0.256 e. The lowest BCUT2D eigenvalue weighted by Crippen LogP contribution is -2.10. The van der Waals surface area contributed by atoms with Crippen LogP contribution in [0.1, 0.15) is 16.1 Å². The van der Waals surface area contributed by atoms with Gasteiger partial charge >= 0.3 is 0 Å². The van der Waals surface area contributed by atoms with Gasteiger partial charge in [0, 0.05) is 23.0 Å². The molecule has 0 radical (unpaired) electrons. The number of hydrogen-bond acceptors (Lipinski definition) is 3. The first-order chi connectivity index (χ1) is 7.65. The number of anilines is 1. The molecule has 0 saturated heterocycles. The van der Waals surface area contributed by atoms with Crippen molar-refractivity contribution >= 4 is 45.5 Å². The normalized spacial score (nSPS) is 10.1. The van der Waals surface area contributed by atoms with Gasteiger partial charge in [0.15, 0.2) is 0 Å². The average molecular weight is 344 g/mol. The van der Waals surface area contributed by atoms with E-state index in [0.29, 0.717) is 5.56 Å². The Hall–Kier alpha value is -0.950. The van der Waals surface area contributed by atoms with Crippen molar-refractivity contribution < 1.29 is 4.79 Å². The highest BCUT2D eigenvalue weighted by molar-refractivity contribution is 14.1. The van der Waals surface area contributed by atoms with Crippen molar-refractivity contribution in [3.63, 3.8) is 0 Å². The van der Waals surface area contributed by atoms with E-state index >= 15 is 0 Å². The Kier molecular flexibility index (Phi) is 3.55. The van der Waals surface area contributed by atoms with Crippen LogP contribution in [0, 0.1) is 9.81 Å². The van der Waals surface area contributed by atoms with Crippen molar-refractivity contribution in [2.24, 2.45) is 0 Å². The number of thiophene rings is 1. The fraction of sp³-hybridized carbons (Fsp3) is 0.0909. The summed E-state index contributed by atoms with van der Waals surface area (Å²) in [7, 11) is 0. The summed E-state index contributed by atoms with van der Waals surface area (Å²) in [4.78, 5) is 15.9. The minimum absolute atomic E-state index is 0.0789. The average Bonchev–Trinajstić information content (AvgIpc) is 2.65. The quantitative estimate of drug-likeness (QED) is 0.850. The summed E-state index contributed by atoms with van der Waals surface area (Å²) in [5.41, 5.74) is 2.36. The number of nitrogens with zero attached hydrogens (tertiary/aromatic N) is 1. The molecule has 16 heavy (non-hydrogen) atoms. The van der Waals surface area contributed by atoms with Gasteiger partial charge in [-0.1, -0.05) is 0 Å². The molecule has 0 aliphatic carbocycles. The van der Waals surface area contributed by atoms with E-state index in [1.165, 1.54) is 0 Å². The highest BCUT2D eigenvalue weighted by atomic mass is 127. The third-order valence-corrected chi connectivity index (χ3v) is 3.77. The summed E-state index contributed by atoms with van der Waals surface area (Å²) in [6, 6.07) is 5.49. The van der Waals surface area contributed by atoms with E-state index < -0.39 is 0 Å². The fourth-order valence-corrected chi connectivity index (χ4v) is 2.58. The summed E-state index contributed by atoms with van der Waals surface area (Å²) < 4.78 is 1.11. The van der Waals surface area contributed by atoms with Crippen molar-refractivity contribution in [3.05, 3.63) is 43.9 Å². The van der Waals surface area contributed by atoms with E-state index in [0.717, 1.165) is 14.3 Å². The Morgan fingerprint density at radius 1 is 1.50 bits per heavy atom. The zero-order chi connectivity index (χ0) is 11.5. The molecule has 0 saturated carbocycles. The molecule has 2 rings (SSSR count). The highest BCUT2D eigenvalue weighted by Gasteiger charge is 2.07. The number of aromatic nitrogens is 1. The zero-order valence-corrected chi connectivity index (χ0v) is 11.5. The van der Waals surface area contributed by atoms with E-state index in [9.17, 15) is 4.79 Å². The maximum Gasteiger partial charge on any atom is 0.256 e. The lowest BCUT2D eigenvalue weighted by Gasteiger charge is -2.03. The van der Waals surface area contributed by atoms with Crippen LogP contribution in [-0.2, 0) is 0 Å². The first-order valence-electron chi connectivity index (χ1n) is 4.63. The number of pyridine rings is 1. The molecule has 0 fully saturated rings. The third-order valence-electron chi connectivity index (χ3n) is 1.98. The van der Waals surface area contributed by atoms with Gasteiger partial charge in [-0.3, -0.25) is 9.78 Å². The predicted octanol–water partition coefficient (Wildman–Crippen LogP) is 3.31. The van der Waals surface area contributed by atoms with Gasteiger partial charge in [-0.15, -0.1) is 11.3 Å². The summed E-state index contributed by atoms with van der Waals surface area (Å²) >= 11 is 3.76. The van der Waals surface area contributed by atoms with Crippen LogP contribution in [0.25, 0.3) is 0 Å². The van der Waals surface area contributed by atoms with Crippen LogP contribution in [-0.4, -0.2) is 10.9 Å². The van der Waals surface area contributed by atoms with Crippen LogP contribution in [0.4, 0.5) is 5.69 Å². The molecule has 1 N–H and O–H groups in total. The minimum atomic E-state index is -0.0789. The van der Waals surface area contributed by atoms with E-state index in [4.69, 9.17) is 0 Å². The molecule has 2 heterocycles. The number of hydrogen-bond donors (Lipinski definition) is 1. The predicted molar refractivity (Wildman–Crippen MR) is 74.0 cm³/mol. The monoisotopic (exact) mass is 344 g/mol. The topological polar surface area (TPSA) is 42.0 Å². The van der Waals surface area contributed by atoms with Crippen LogP contribution in [0.3, 0.4) is 0 Å². The molecule has 0 unspecified atom stereocenters. The molecular weight excluding hydrogens is 335 g/mol. The third kappa shape index (κ3) is 2.79. The number of carbonyl (C=O) groups excluding carboxylic acids is 1. The lowest BCUT2D eigenvalue weighted by molar-refractivity contribution is 0.102. The largest absolute Gasteiger partial charge is 0.322 e. The molecule has 5 heteroatoms. The molecule has 82 valence electrons. The second kappa shape index (κ2) is 4.92. The molecule has 2 aromatic rings. The summed E-state index contributed by atoms with van der Waals surface area (Å²) in [6.07, 6.45) is 1.68. The van der Waals surface area contributed by atoms with Gasteiger partial charge in [0.2, 0.25) is 0 Å². The number of nitrogens with one attached hydrogen (secondary N) is 1. The first-order valence-corrected chi connectivity index (χ1v) is 6.59. The van der Waals surface area contributed by atoms with Crippen LogP contribution < -0.4 is 5.32 Å². The second-order valence-corrected chi connectivity index (χ2v) is 6.08. The molecule has 0 aliphatic heterocycles. The van der Waals surface area contributed by atoms with Gasteiger partial charge < -0.3 is 5.32 Å². The Morgan fingerprint density at radius 3 is 2.94 bits per heavy atom. The van der Waals surface area contributed by atoms with Crippen molar-refractivity contribution in [3.8, 4) is 0 Å². The van der Waals surface area contributed by atoms with Crippen molar-refractivity contribution in [1.82, 2.24) is 4.98 Å². The molecule has 0 bridgehead atoms. The lowest BCUT2D eigenvalue weighted by atomic mass is 10.3. The van der Waals surface area contributed by atoms with E-state index in [-0.39, 0.29) is 5.91 Å². The fourth-order valence-electron chi connectivity index (χ4n) is 1.26. The summed E-state index contributed by atoms with van der Waals surface area (Å²) in [5, 5.41) is 4.69. The Morgan fingerprint density at radius 2 is 2.31 bits per heavy atom. The number of rotatable bonds is 2. The maximum absolute atomic E-state index is 11.8. The number of halogens is 1. The van der Waals surface area contributed by atoms with Gasteiger partial charge in [0.1, 0.15) is 0 Å².